The van der Waals surface area contributed by atoms with Gasteiger partial charge in [-0.25, -0.2) is 0 Å². The van der Waals surface area contributed by atoms with E-state index < -0.39 is 5.79 Å². The van der Waals surface area contributed by atoms with Crippen molar-refractivity contribution in [3.05, 3.63) is 17.8 Å². The highest BCUT2D eigenvalue weighted by molar-refractivity contribution is 5.50. The Labute approximate surface area is 99.6 Å². The van der Waals surface area contributed by atoms with Gasteiger partial charge in [0.25, 0.3) is 0 Å². The van der Waals surface area contributed by atoms with Crippen LogP contribution in [0.25, 0.3) is 0 Å². The summed E-state index contributed by atoms with van der Waals surface area (Å²) in [5.41, 5.74) is 0.471. The van der Waals surface area contributed by atoms with E-state index >= 15 is 0 Å². The summed E-state index contributed by atoms with van der Waals surface area (Å²) in [4.78, 5) is 0. The van der Waals surface area contributed by atoms with Crippen molar-refractivity contribution in [1.29, 1.82) is 5.26 Å². The summed E-state index contributed by atoms with van der Waals surface area (Å²) in [5.74, 6) is -0.0597. The molecule has 1 saturated heterocycles. The van der Waals surface area contributed by atoms with Crippen LogP contribution in [0.15, 0.2) is 12.3 Å². The lowest BCUT2D eigenvalue weighted by Gasteiger charge is -2.17. The summed E-state index contributed by atoms with van der Waals surface area (Å²) < 4.78 is 11.1. The maximum Gasteiger partial charge on any atom is 0.166 e. The summed E-state index contributed by atoms with van der Waals surface area (Å²) in [6.45, 7) is 4.81. The van der Waals surface area contributed by atoms with Crippen molar-refractivity contribution < 1.29 is 9.47 Å². The molecule has 0 spiro atoms. The van der Waals surface area contributed by atoms with Crippen LogP contribution in [0.4, 0.5) is 5.82 Å². The largest absolute Gasteiger partial charge is 0.365 e. The third-order valence-electron chi connectivity index (χ3n) is 2.41. The minimum atomic E-state index is -0.535. The highest BCUT2D eigenvalue weighted by atomic mass is 16.7. The topological polar surface area (TPSA) is 80.1 Å². The molecule has 1 unspecified atom stereocenters. The minimum Gasteiger partial charge on any atom is -0.365 e. The van der Waals surface area contributed by atoms with Crippen molar-refractivity contribution in [1.82, 2.24) is 10.2 Å². The van der Waals surface area contributed by atoms with Crippen LogP contribution in [-0.4, -0.2) is 35.2 Å². The fourth-order valence-electron chi connectivity index (χ4n) is 1.63. The highest BCUT2D eigenvalue weighted by Crippen LogP contribution is 2.22. The summed E-state index contributed by atoms with van der Waals surface area (Å²) in [6, 6.07) is 3.67. The molecule has 1 atom stereocenters. The van der Waals surface area contributed by atoms with E-state index in [-0.39, 0.29) is 6.10 Å². The van der Waals surface area contributed by atoms with E-state index in [0.29, 0.717) is 24.5 Å². The van der Waals surface area contributed by atoms with E-state index in [1.807, 2.05) is 13.8 Å². The molecule has 1 aromatic rings. The van der Waals surface area contributed by atoms with Crippen LogP contribution in [0, 0.1) is 11.3 Å². The highest BCUT2D eigenvalue weighted by Gasteiger charge is 2.32. The van der Waals surface area contributed by atoms with Crippen molar-refractivity contribution in [3.63, 3.8) is 0 Å². The first-order valence-corrected chi connectivity index (χ1v) is 5.38. The van der Waals surface area contributed by atoms with Gasteiger partial charge < -0.3 is 14.8 Å². The number of hydrogen-bond donors (Lipinski definition) is 1. The van der Waals surface area contributed by atoms with Crippen molar-refractivity contribution in [2.24, 2.45) is 0 Å². The maximum absolute atomic E-state index is 8.88. The molecule has 2 heterocycles. The minimum absolute atomic E-state index is 0.0430. The molecule has 1 N–H and O–H groups in total. The van der Waals surface area contributed by atoms with Crippen molar-refractivity contribution in [2.45, 2.75) is 25.7 Å². The molecule has 6 nitrogen and oxygen atoms in total. The monoisotopic (exact) mass is 234 g/mol. The summed E-state index contributed by atoms with van der Waals surface area (Å²) in [6.07, 6.45) is 1.45. The number of rotatable bonds is 3. The molecule has 0 aliphatic carbocycles. The van der Waals surface area contributed by atoms with Gasteiger partial charge in [0.15, 0.2) is 11.6 Å². The lowest BCUT2D eigenvalue weighted by molar-refractivity contribution is -0.136. The predicted molar refractivity (Wildman–Crippen MR) is 60.1 cm³/mol. The fourth-order valence-corrected chi connectivity index (χ4v) is 1.63. The Morgan fingerprint density at radius 3 is 3.12 bits per heavy atom. The molecule has 0 radical (unpaired) electrons. The first-order valence-electron chi connectivity index (χ1n) is 5.38. The van der Waals surface area contributed by atoms with Gasteiger partial charge in [-0.15, -0.1) is 5.10 Å². The van der Waals surface area contributed by atoms with Crippen LogP contribution >= 0.6 is 0 Å². The van der Waals surface area contributed by atoms with E-state index in [1.54, 1.807) is 6.07 Å². The molecule has 1 fully saturated rings. The molecule has 0 bridgehead atoms. The van der Waals surface area contributed by atoms with Crippen LogP contribution in [0.1, 0.15) is 19.4 Å². The van der Waals surface area contributed by atoms with Gasteiger partial charge in [0.1, 0.15) is 12.2 Å². The maximum atomic E-state index is 8.88. The Kier molecular flexibility index (Phi) is 3.22. The van der Waals surface area contributed by atoms with Gasteiger partial charge in [0, 0.05) is 6.54 Å². The third kappa shape index (κ3) is 2.90. The van der Waals surface area contributed by atoms with E-state index in [9.17, 15) is 0 Å². The number of nitriles is 1. The number of anilines is 1. The zero-order chi connectivity index (χ0) is 12.3. The summed E-state index contributed by atoms with van der Waals surface area (Å²) in [5, 5.41) is 19.5. The van der Waals surface area contributed by atoms with Crippen molar-refractivity contribution >= 4 is 5.82 Å². The van der Waals surface area contributed by atoms with Crippen LogP contribution < -0.4 is 5.32 Å². The molecular formula is C11H14N4O2. The number of nitrogens with one attached hydrogen (secondary N) is 1. The Balaban J connectivity index is 1.93. The van der Waals surface area contributed by atoms with E-state index in [0.717, 1.165) is 0 Å². The van der Waals surface area contributed by atoms with Crippen LogP contribution in [0.5, 0.6) is 0 Å². The molecule has 0 amide bonds. The smallest absolute Gasteiger partial charge is 0.166 e. The number of ether oxygens (including phenoxy) is 2. The Bertz CT molecular complexity index is 441. The number of hydrogen-bond acceptors (Lipinski definition) is 6. The molecule has 0 aromatic carbocycles. The summed E-state index contributed by atoms with van der Waals surface area (Å²) >= 11 is 0. The third-order valence-corrected chi connectivity index (χ3v) is 2.41. The Hall–Kier alpha value is -1.71. The molecule has 90 valence electrons. The molecule has 17 heavy (non-hydrogen) atoms. The molecule has 1 aliphatic heterocycles. The van der Waals surface area contributed by atoms with Crippen molar-refractivity contribution in [2.75, 3.05) is 18.5 Å². The van der Waals surface area contributed by atoms with Crippen molar-refractivity contribution in [3.8, 4) is 6.07 Å². The molecule has 1 aromatic heterocycles. The molecular weight excluding hydrogens is 220 g/mol. The van der Waals surface area contributed by atoms with Gasteiger partial charge in [-0.05, 0) is 19.9 Å². The molecule has 0 saturated carbocycles. The fraction of sp³-hybridized carbons (Fsp3) is 0.545. The zero-order valence-electron chi connectivity index (χ0n) is 9.80. The Morgan fingerprint density at radius 1 is 1.65 bits per heavy atom. The van der Waals surface area contributed by atoms with Gasteiger partial charge in [0.2, 0.25) is 0 Å². The lowest BCUT2D eigenvalue weighted by atomic mass is 10.3. The lowest BCUT2D eigenvalue weighted by Crippen LogP contribution is -2.26. The van der Waals surface area contributed by atoms with E-state index in [1.165, 1.54) is 6.20 Å². The second-order valence-corrected chi connectivity index (χ2v) is 4.24. The van der Waals surface area contributed by atoms with Gasteiger partial charge in [-0.1, -0.05) is 0 Å². The second-order valence-electron chi connectivity index (χ2n) is 4.24. The van der Waals surface area contributed by atoms with Gasteiger partial charge >= 0.3 is 0 Å². The SMILES string of the molecule is CC1(C)OCC(CNc2nnccc2C#N)O1. The van der Waals surface area contributed by atoms with E-state index in [4.69, 9.17) is 14.7 Å². The molecule has 1 aliphatic rings. The summed E-state index contributed by atoms with van der Waals surface area (Å²) in [7, 11) is 0. The molecule has 6 heteroatoms. The number of aromatic nitrogens is 2. The zero-order valence-corrected chi connectivity index (χ0v) is 9.80. The van der Waals surface area contributed by atoms with Crippen LogP contribution in [0.2, 0.25) is 0 Å². The quantitative estimate of drug-likeness (QED) is 0.837. The normalized spacial score (nSPS) is 22.1. The first kappa shape index (κ1) is 11.8. The average molecular weight is 234 g/mol. The second kappa shape index (κ2) is 4.65. The first-order chi connectivity index (χ1) is 8.11. The number of nitrogens with zero attached hydrogens (tertiary/aromatic N) is 3. The average Bonchev–Trinajstić information content (AvgIpc) is 2.67. The van der Waals surface area contributed by atoms with E-state index in [2.05, 4.69) is 21.6 Å². The predicted octanol–water partition coefficient (Wildman–Crippen LogP) is 0.912. The van der Waals surface area contributed by atoms with Gasteiger partial charge in [-0.3, -0.25) is 0 Å². The Morgan fingerprint density at radius 2 is 2.47 bits per heavy atom. The van der Waals surface area contributed by atoms with Crippen LogP contribution in [0.3, 0.4) is 0 Å². The molecule has 2 rings (SSSR count). The van der Waals surface area contributed by atoms with Gasteiger partial charge in [-0.2, -0.15) is 10.4 Å². The standard InChI is InChI=1S/C11H14N4O2/c1-11(2)16-7-9(17-11)6-13-10-8(5-12)3-4-14-15-10/h3-4,9H,6-7H2,1-2H3,(H,13,15). The van der Waals surface area contributed by atoms with Gasteiger partial charge in [0.05, 0.1) is 18.4 Å². The van der Waals surface area contributed by atoms with Crippen LogP contribution in [-0.2, 0) is 9.47 Å².